The Morgan fingerprint density at radius 2 is 1.97 bits per heavy atom. The zero-order valence-electron chi connectivity index (χ0n) is 16.1. The maximum absolute atomic E-state index is 10.8. The average Bonchev–Trinajstić information content (AvgIpc) is 3.36. The Bertz CT molecular complexity index is 936. The van der Waals surface area contributed by atoms with Crippen LogP contribution in [0.3, 0.4) is 0 Å². The third kappa shape index (κ3) is 6.63. The molecule has 0 aliphatic rings. The minimum absolute atomic E-state index is 0. The normalized spacial score (nSPS) is 12.1. The van der Waals surface area contributed by atoms with Crippen molar-refractivity contribution in [1.82, 2.24) is 10.6 Å². The number of rotatable bonds is 7. The van der Waals surface area contributed by atoms with Gasteiger partial charge in [0.2, 0.25) is 0 Å². The molecular formula is C20H23IN4O4. The van der Waals surface area contributed by atoms with Crippen LogP contribution in [-0.4, -0.2) is 10.9 Å². The third-order valence-electron chi connectivity index (χ3n) is 4.12. The Kier molecular flexibility index (Phi) is 8.25. The summed E-state index contributed by atoms with van der Waals surface area (Å²) in [6, 6.07) is 13.8. The number of nitrogens with zero attached hydrogens (tertiary/aromatic N) is 2. The van der Waals surface area contributed by atoms with E-state index in [0.717, 1.165) is 22.8 Å². The molecular weight excluding hydrogens is 487 g/mol. The van der Waals surface area contributed by atoms with Gasteiger partial charge in [0.25, 0.3) is 5.69 Å². The summed E-state index contributed by atoms with van der Waals surface area (Å²) >= 11 is 0. The predicted molar refractivity (Wildman–Crippen MR) is 120 cm³/mol. The third-order valence-corrected chi connectivity index (χ3v) is 4.12. The van der Waals surface area contributed by atoms with Gasteiger partial charge < -0.3 is 19.5 Å². The van der Waals surface area contributed by atoms with Gasteiger partial charge in [0.1, 0.15) is 17.3 Å². The highest BCUT2D eigenvalue weighted by atomic mass is 127. The first kappa shape index (κ1) is 22.5. The summed E-state index contributed by atoms with van der Waals surface area (Å²) in [5.41, 5.74) is 0.926. The van der Waals surface area contributed by atoms with E-state index in [9.17, 15) is 10.1 Å². The molecule has 0 saturated carbocycles. The highest BCUT2D eigenvalue weighted by Gasteiger charge is 2.12. The minimum Gasteiger partial charge on any atom is -0.467 e. The van der Waals surface area contributed by atoms with Crippen LogP contribution in [0.5, 0.6) is 0 Å². The van der Waals surface area contributed by atoms with E-state index in [4.69, 9.17) is 8.83 Å². The molecule has 154 valence electrons. The smallest absolute Gasteiger partial charge is 0.269 e. The van der Waals surface area contributed by atoms with Crippen LogP contribution in [0.4, 0.5) is 5.69 Å². The fourth-order valence-electron chi connectivity index (χ4n) is 2.59. The maximum atomic E-state index is 10.8. The van der Waals surface area contributed by atoms with Crippen molar-refractivity contribution in [1.29, 1.82) is 0 Å². The number of furan rings is 2. The summed E-state index contributed by atoms with van der Waals surface area (Å²) in [6.07, 6.45) is 1.62. The van der Waals surface area contributed by atoms with Gasteiger partial charge in [-0.2, -0.15) is 0 Å². The van der Waals surface area contributed by atoms with E-state index in [1.165, 1.54) is 12.1 Å². The number of nitrogens with one attached hydrogen (secondary N) is 2. The van der Waals surface area contributed by atoms with Crippen LogP contribution in [0.15, 0.2) is 68.6 Å². The largest absolute Gasteiger partial charge is 0.467 e. The van der Waals surface area contributed by atoms with Crippen LogP contribution in [0.25, 0.3) is 0 Å². The minimum atomic E-state index is -0.419. The topological polar surface area (TPSA) is 106 Å². The van der Waals surface area contributed by atoms with E-state index in [1.54, 1.807) is 18.4 Å². The molecule has 0 amide bonds. The first-order chi connectivity index (χ1) is 13.5. The molecule has 3 aromatic rings. The number of nitro benzene ring substituents is 1. The molecule has 0 saturated heterocycles. The zero-order valence-corrected chi connectivity index (χ0v) is 18.5. The van der Waals surface area contributed by atoms with Crippen molar-refractivity contribution in [2.45, 2.75) is 33.0 Å². The molecule has 1 aromatic carbocycles. The van der Waals surface area contributed by atoms with E-state index in [2.05, 4.69) is 15.6 Å². The Labute approximate surface area is 185 Å². The van der Waals surface area contributed by atoms with Crippen LogP contribution >= 0.6 is 24.0 Å². The Hall–Kier alpha value is -2.82. The van der Waals surface area contributed by atoms with Gasteiger partial charge in [-0.25, -0.2) is 4.99 Å². The number of hydrogen-bond donors (Lipinski definition) is 2. The average molecular weight is 510 g/mol. The SMILES string of the molecule is Cc1ccc(C(C)NC(=NCc2ccc([N+](=O)[O-])cc2)NCc2ccco2)o1.I. The highest BCUT2D eigenvalue weighted by Crippen LogP contribution is 2.16. The lowest BCUT2D eigenvalue weighted by Crippen LogP contribution is -2.38. The molecule has 1 atom stereocenters. The Balaban J connectivity index is 0.00000300. The fourth-order valence-corrected chi connectivity index (χ4v) is 2.59. The molecule has 0 aliphatic carbocycles. The van der Waals surface area contributed by atoms with Crippen molar-refractivity contribution in [2.75, 3.05) is 0 Å². The maximum Gasteiger partial charge on any atom is 0.269 e. The lowest BCUT2D eigenvalue weighted by molar-refractivity contribution is -0.384. The van der Waals surface area contributed by atoms with Gasteiger partial charge in [-0.15, -0.1) is 24.0 Å². The second-order valence-electron chi connectivity index (χ2n) is 6.34. The number of aliphatic imine (C=N–C) groups is 1. The van der Waals surface area contributed by atoms with Crippen molar-refractivity contribution in [3.8, 4) is 0 Å². The van der Waals surface area contributed by atoms with Crippen LogP contribution < -0.4 is 10.6 Å². The molecule has 1 unspecified atom stereocenters. The molecule has 2 aromatic heterocycles. The van der Waals surface area contributed by atoms with Crippen LogP contribution in [-0.2, 0) is 13.1 Å². The zero-order chi connectivity index (χ0) is 19.9. The molecule has 3 rings (SSSR count). The number of guanidine groups is 1. The number of nitro groups is 1. The first-order valence-corrected chi connectivity index (χ1v) is 8.88. The molecule has 0 radical (unpaired) electrons. The summed E-state index contributed by atoms with van der Waals surface area (Å²) in [6.45, 7) is 4.72. The number of hydrogen-bond acceptors (Lipinski definition) is 5. The van der Waals surface area contributed by atoms with Crippen molar-refractivity contribution in [3.63, 3.8) is 0 Å². The van der Waals surface area contributed by atoms with Crippen LogP contribution in [0, 0.1) is 17.0 Å². The Morgan fingerprint density at radius 3 is 2.55 bits per heavy atom. The number of benzene rings is 1. The number of aryl methyl sites for hydroxylation is 1. The lowest BCUT2D eigenvalue weighted by atomic mass is 10.2. The molecule has 0 bridgehead atoms. The van der Waals surface area contributed by atoms with Crippen LogP contribution in [0.2, 0.25) is 0 Å². The number of halogens is 1. The quantitative estimate of drug-likeness (QED) is 0.157. The lowest BCUT2D eigenvalue weighted by Gasteiger charge is -2.16. The van der Waals surface area contributed by atoms with Gasteiger partial charge in [-0.1, -0.05) is 12.1 Å². The second-order valence-corrected chi connectivity index (χ2v) is 6.34. The summed E-state index contributed by atoms with van der Waals surface area (Å²) in [5, 5.41) is 17.3. The molecule has 0 fully saturated rings. The van der Waals surface area contributed by atoms with Crippen molar-refractivity contribution < 1.29 is 13.8 Å². The fraction of sp³-hybridized carbons (Fsp3) is 0.250. The second kappa shape index (κ2) is 10.6. The molecule has 9 heteroatoms. The van der Waals surface area contributed by atoms with Gasteiger partial charge in [-0.05, 0) is 43.7 Å². The molecule has 8 nitrogen and oxygen atoms in total. The van der Waals surface area contributed by atoms with Crippen LogP contribution in [0.1, 0.15) is 35.8 Å². The molecule has 0 spiro atoms. The van der Waals surface area contributed by atoms with E-state index < -0.39 is 4.92 Å². The van der Waals surface area contributed by atoms with E-state index >= 15 is 0 Å². The molecule has 2 N–H and O–H groups in total. The molecule has 29 heavy (non-hydrogen) atoms. The number of non-ortho nitro benzene ring substituents is 1. The summed E-state index contributed by atoms with van der Waals surface area (Å²) in [5.74, 6) is 3.01. The van der Waals surface area contributed by atoms with Crippen molar-refractivity contribution in [2.24, 2.45) is 4.99 Å². The van der Waals surface area contributed by atoms with Gasteiger partial charge in [0.15, 0.2) is 5.96 Å². The van der Waals surface area contributed by atoms with E-state index in [0.29, 0.717) is 19.0 Å². The van der Waals surface area contributed by atoms with Crippen molar-refractivity contribution >= 4 is 35.6 Å². The predicted octanol–water partition coefficient (Wildman–Crippen LogP) is 4.70. The van der Waals surface area contributed by atoms with E-state index in [-0.39, 0.29) is 35.7 Å². The monoisotopic (exact) mass is 510 g/mol. The van der Waals surface area contributed by atoms with Crippen molar-refractivity contribution in [3.05, 3.63) is 87.8 Å². The standard InChI is InChI=1S/C20H22N4O4.HI/c1-14-5-10-19(28-14)15(2)23-20(22-13-18-4-3-11-27-18)21-12-16-6-8-17(9-7-16)24(25)26;/h3-11,15H,12-13H2,1-2H3,(H2,21,22,23);1H. The summed E-state index contributed by atoms with van der Waals surface area (Å²) in [7, 11) is 0. The van der Waals surface area contributed by atoms with Gasteiger partial charge in [-0.3, -0.25) is 10.1 Å². The molecule has 0 aliphatic heterocycles. The van der Waals surface area contributed by atoms with E-state index in [1.807, 2.05) is 38.1 Å². The molecule has 2 heterocycles. The van der Waals surface area contributed by atoms with Gasteiger partial charge >= 0.3 is 0 Å². The summed E-state index contributed by atoms with van der Waals surface area (Å²) in [4.78, 5) is 14.9. The summed E-state index contributed by atoms with van der Waals surface area (Å²) < 4.78 is 11.0. The van der Waals surface area contributed by atoms with Gasteiger partial charge in [0.05, 0.1) is 30.3 Å². The van der Waals surface area contributed by atoms with Gasteiger partial charge in [0, 0.05) is 12.1 Å². The Morgan fingerprint density at radius 1 is 1.21 bits per heavy atom. The highest BCUT2D eigenvalue weighted by molar-refractivity contribution is 14.0. The first-order valence-electron chi connectivity index (χ1n) is 8.88.